The van der Waals surface area contributed by atoms with Crippen LogP contribution in [0.1, 0.15) is 18.7 Å². The van der Waals surface area contributed by atoms with Crippen LogP contribution >= 0.6 is 0 Å². The van der Waals surface area contributed by atoms with Gasteiger partial charge < -0.3 is 11.5 Å². The second-order valence-corrected chi connectivity index (χ2v) is 2.47. The molecule has 1 heterocycles. The topological polar surface area (TPSA) is 90.7 Å². The van der Waals surface area contributed by atoms with Crippen molar-refractivity contribution in [3.05, 3.63) is 5.82 Å². The minimum atomic E-state index is -0.539. The lowest BCUT2D eigenvalue weighted by atomic mass is 10.2. The lowest BCUT2D eigenvalue weighted by Gasteiger charge is -2.05. The molecule has 0 saturated heterocycles. The molecule has 6 heteroatoms. The molecule has 0 fully saturated rings. The van der Waals surface area contributed by atoms with Crippen LogP contribution < -0.4 is 11.5 Å². The SMILES string of the molecule is CC(CF)c1nc(N)nc(N)n1. The summed E-state index contributed by atoms with van der Waals surface area (Å²) < 4.78 is 12.2. The summed E-state index contributed by atoms with van der Waals surface area (Å²) in [7, 11) is 0. The second kappa shape index (κ2) is 3.29. The average molecular weight is 171 g/mol. The largest absolute Gasteiger partial charge is 0.368 e. The van der Waals surface area contributed by atoms with E-state index >= 15 is 0 Å². The Labute approximate surface area is 69.0 Å². The Morgan fingerprint density at radius 3 is 2.17 bits per heavy atom. The van der Waals surface area contributed by atoms with Crippen LogP contribution in [0.2, 0.25) is 0 Å². The summed E-state index contributed by atoms with van der Waals surface area (Å²) in [6.45, 7) is 1.11. The smallest absolute Gasteiger partial charge is 0.225 e. The Morgan fingerprint density at radius 2 is 1.75 bits per heavy atom. The lowest BCUT2D eigenvalue weighted by Crippen LogP contribution is -2.09. The van der Waals surface area contributed by atoms with E-state index in [2.05, 4.69) is 15.0 Å². The zero-order valence-electron chi connectivity index (χ0n) is 6.66. The van der Waals surface area contributed by atoms with Gasteiger partial charge in [-0.1, -0.05) is 6.92 Å². The molecule has 0 aliphatic heterocycles. The third kappa shape index (κ3) is 1.77. The molecule has 5 nitrogen and oxygen atoms in total. The van der Waals surface area contributed by atoms with Gasteiger partial charge in [0, 0.05) is 5.92 Å². The van der Waals surface area contributed by atoms with Gasteiger partial charge in [-0.05, 0) is 0 Å². The fourth-order valence-corrected chi connectivity index (χ4v) is 0.716. The Balaban J connectivity index is 3.00. The van der Waals surface area contributed by atoms with Crippen molar-refractivity contribution in [2.24, 2.45) is 0 Å². The third-order valence-electron chi connectivity index (χ3n) is 1.36. The zero-order chi connectivity index (χ0) is 9.14. The molecule has 12 heavy (non-hydrogen) atoms. The van der Waals surface area contributed by atoms with Gasteiger partial charge in [0.15, 0.2) is 0 Å². The van der Waals surface area contributed by atoms with Crippen LogP contribution in [-0.2, 0) is 0 Å². The number of hydrogen-bond acceptors (Lipinski definition) is 5. The molecule has 1 aromatic heterocycles. The van der Waals surface area contributed by atoms with Gasteiger partial charge in [-0.3, -0.25) is 4.39 Å². The minimum absolute atomic E-state index is 0.0257. The predicted molar refractivity (Wildman–Crippen MR) is 43.0 cm³/mol. The molecule has 0 aromatic carbocycles. The van der Waals surface area contributed by atoms with Crippen LogP contribution in [0, 0.1) is 0 Å². The maximum atomic E-state index is 12.2. The molecular weight excluding hydrogens is 161 g/mol. The van der Waals surface area contributed by atoms with E-state index in [9.17, 15) is 4.39 Å². The molecule has 0 radical (unpaired) electrons. The van der Waals surface area contributed by atoms with Crippen molar-refractivity contribution in [1.82, 2.24) is 15.0 Å². The summed E-state index contributed by atoms with van der Waals surface area (Å²) in [4.78, 5) is 11.0. The maximum Gasteiger partial charge on any atom is 0.225 e. The highest BCUT2D eigenvalue weighted by Crippen LogP contribution is 2.11. The molecule has 1 unspecified atom stereocenters. The van der Waals surface area contributed by atoms with Gasteiger partial charge in [-0.2, -0.15) is 15.0 Å². The number of halogens is 1. The minimum Gasteiger partial charge on any atom is -0.368 e. The van der Waals surface area contributed by atoms with Crippen LogP contribution in [0.5, 0.6) is 0 Å². The third-order valence-corrected chi connectivity index (χ3v) is 1.36. The lowest BCUT2D eigenvalue weighted by molar-refractivity contribution is 0.436. The van der Waals surface area contributed by atoms with Crippen molar-refractivity contribution < 1.29 is 4.39 Å². The van der Waals surface area contributed by atoms with E-state index in [4.69, 9.17) is 11.5 Å². The van der Waals surface area contributed by atoms with Gasteiger partial charge in [0.25, 0.3) is 0 Å². The number of aromatic nitrogens is 3. The summed E-state index contributed by atoms with van der Waals surface area (Å²) in [5.74, 6) is -0.0456. The Morgan fingerprint density at radius 1 is 1.25 bits per heavy atom. The van der Waals surface area contributed by atoms with E-state index in [0.29, 0.717) is 5.82 Å². The standard InChI is InChI=1S/C6H10FN5/c1-3(2-7)4-10-5(8)12-6(9)11-4/h3H,2H2,1H3,(H4,8,9,10,11,12). The highest BCUT2D eigenvalue weighted by molar-refractivity contribution is 5.26. The summed E-state index contributed by atoms with van der Waals surface area (Å²) >= 11 is 0. The number of rotatable bonds is 2. The normalized spacial score (nSPS) is 12.8. The van der Waals surface area contributed by atoms with E-state index in [0.717, 1.165) is 0 Å². The van der Waals surface area contributed by atoms with Gasteiger partial charge in [-0.15, -0.1) is 0 Å². The first kappa shape index (κ1) is 8.63. The molecule has 0 aliphatic carbocycles. The highest BCUT2D eigenvalue weighted by atomic mass is 19.1. The van der Waals surface area contributed by atoms with Crippen molar-refractivity contribution in [2.75, 3.05) is 18.1 Å². The van der Waals surface area contributed by atoms with E-state index < -0.39 is 12.6 Å². The van der Waals surface area contributed by atoms with Crippen molar-refractivity contribution in [1.29, 1.82) is 0 Å². The van der Waals surface area contributed by atoms with Crippen molar-refractivity contribution in [3.63, 3.8) is 0 Å². The fraction of sp³-hybridized carbons (Fsp3) is 0.500. The molecule has 0 spiro atoms. The number of hydrogen-bond donors (Lipinski definition) is 2. The Kier molecular flexibility index (Phi) is 2.37. The molecule has 66 valence electrons. The molecule has 0 saturated carbocycles. The van der Waals surface area contributed by atoms with Crippen molar-refractivity contribution >= 4 is 11.9 Å². The molecular formula is C6H10FN5. The highest BCUT2D eigenvalue weighted by Gasteiger charge is 2.09. The summed E-state index contributed by atoms with van der Waals surface area (Å²) in [5.41, 5.74) is 10.6. The van der Waals surface area contributed by atoms with E-state index in [1.165, 1.54) is 0 Å². The molecule has 1 aromatic rings. The van der Waals surface area contributed by atoms with Crippen LogP contribution in [-0.4, -0.2) is 21.6 Å². The predicted octanol–water partition coefficient (Wildman–Crippen LogP) is 0.109. The summed E-state index contributed by atoms with van der Waals surface area (Å²) in [6, 6.07) is 0. The van der Waals surface area contributed by atoms with Crippen LogP contribution in [0.4, 0.5) is 16.3 Å². The number of alkyl halides is 1. The average Bonchev–Trinajstić information content (AvgIpc) is 2.01. The molecule has 4 N–H and O–H groups in total. The monoisotopic (exact) mass is 171 g/mol. The van der Waals surface area contributed by atoms with Gasteiger partial charge in [0.1, 0.15) is 5.82 Å². The Hall–Kier alpha value is -1.46. The maximum absolute atomic E-state index is 12.2. The van der Waals surface area contributed by atoms with Gasteiger partial charge in [0.05, 0.1) is 6.67 Å². The first-order valence-electron chi connectivity index (χ1n) is 3.46. The van der Waals surface area contributed by atoms with E-state index in [-0.39, 0.29) is 11.9 Å². The van der Waals surface area contributed by atoms with E-state index in [1.54, 1.807) is 6.92 Å². The molecule has 1 atom stereocenters. The van der Waals surface area contributed by atoms with Crippen LogP contribution in [0.3, 0.4) is 0 Å². The fourth-order valence-electron chi connectivity index (χ4n) is 0.716. The number of anilines is 2. The molecule has 0 aliphatic rings. The molecule has 1 rings (SSSR count). The van der Waals surface area contributed by atoms with Gasteiger partial charge in [-0.25, -0.2) is 0 Å². The van der Waals surface area contributed by atoms with Crippen molar-refractivity contribution in [2.45, 2.75) is 12.8 Å². The first-order chi connectivity index (χ1) is 5.63. The van der Waals surface area contributed by atoms with Gasteiger partial charge >= 0.3 is 0 Å². The number of nitrogens with zero attached hydrogens (tertiary/aromatic N) is 3. The number of nitrogens with two attached hydrogens (primary N) is 2. The Bertz CT molecular complexity index is 256. The summed E-state index contributed by atoms with van der Waals surface area (Å²) in [6.07, 6.45) is 0. The molecule has 0 amide bonds. The van der Waals surface area contributed by atoms with Crippen molar-refractivity contribution in [3.8, 4) is 0 Å². The zero-order valence-corrected chi connectivity index (χ0v) is 6.66. The summed E-state index contributed by atoms with van der Waals surface area (Å²) in [5, 5.41) is 0. The first-order valence-corrected chi connectivity index (χ1v) is 3.46. The number of nitrogen functional groups attached to an aromatic ring is 2. The quantitative estimate of drug-likeness (QED) is 0.659. The molecule has 0 bridgehead atoms. The van der Waals surface area contributed by atoms with E-state index in [1.807, 2.05) is 0 Å². The van der Waals surface area contributed by atoms with Gasteiger partial charge in [0.2, 0.25) is 11.9 Å². The van der Waals surface area contributed by atoms with Crippen LogP contribution in [0.25, 0.3) is 0 Å². The second-order valence-electron chi connectivity index (χ2n) is 2.47. The van der Waals surface area contributed by atoms with Crippen LogP contribution in [0.15, 0.2) is 0 Å².